The minimum absolute atomic E-state index is 0.0130. The summed E-state index contributed by atoms with van der Waals surface area (Å²) >= 11 is 1.66. The summed E-state index contributed by atoms with van der Waals surface area (Å²) < 4.78 is 5.32. The Balaban J connectivity index is 2.12. The molecule has 2 aromatic carbocycles. The first-order valence-electron chi connectivity index (χ1n) is 10.9. The van der Waals surface area contributed by atoms with E-state index in [2.05, 4.69) is 36.5 Å². The topological polar surface area (TPSA) is 58.6 Å². The molecule has 1 atom stereocenters. The summed E-state index contributed by atoms with van der Waals surface area (Å²) in [4.78, 5) is 28.9. The van der Waals surface area contributed by atoms with Crippen LogP contribution in [0.15, 0.2) is 53.4 Å². The van der Waals surface area contributed by atoms with Gasteiger partial charge in [-0.1, -0.05) is 43.7 Å². The molecule has 1 N–H and O–H groups in total. The average Bonchev–Trinajstić information content (AvgIpc) is 2.78. The van der Waals surface area contributed by atoms with Gasteiger partial charge in [-0.15, -0.1) is 11.8 Å². The minimum atomic E-state index is -0.491. The van der Waals surface area contributed by atoms with Crippen LogP contribution in [-0.4, -0.2) is 42.2 Å². The van der Waals surface area contributed by atoms with Crippen molar-refractivity contribution in [3.63, 3.8) is 0 Å². The van der Waals surface area contributed by atoms with Crippen LogP contribution in [0.3, 0.4) is 0 Å². The summed E-state index contributed by atoms with van der Waals surface area (Å²) in [5.74, 6) is 1.31. The molecule has 0 aromatic heterocycles. The average molecular weight is 443 g/mol. The second-order valence-corrected chi connectivity index (χ2v) is 8.67. The largest absolute Gasteiger partial charge is 0.497 e. The van der Waals surface area contributed by atoms with Crippen molar-refractivity contribution in [3.8, 4) is 5.75 Å². The van der Waals surface area contributed by atoms with Crippen LogP contribution in [-0.2, 0) is 16.1 Å². The fourth-order valence-electron chi connectivity index (χ4n) is 3.29. The Hall–Kier alpha value is -2.47. The maximum Gasteiger partial charge on any atom is 0.242 e. The minimum Gasteiger partial charge on any atom is -0.497 e. The molecule has 5 nitrogen and oxygen atoms in total. The number of hydrogen-bond donors (Lipinski definition) is 1. The number of amides is 2. The van der Waals surface area contributed by atoms with Crippen molar-refractivity contribution < 1.29 is 14.3 Å². The van der Waals surface area contributed by atoms with E-state index in [1.54, 1.807) is 23.8 Å². The van der Waals surface area contributed by atoms with Crippen molar-refractivity contribution in [2.45, 2.75) is 57.5 Å². The first-order valence-corrected chi connectivity index (χ1v) is 11.9. The quantitative estimate of drug-likeness (QED) is 0.479. The van der Waals surface area contributed by atoms with E-state index in [-0.39, 0.29) is 11.8 Å². The Morgan fingerprint density at radius 2 is 1.87 bits per heavy atom. The van der Waals surface area contributed by atoms with E-state index in [1.165, 1.54) is 5.56 Å². The normalized spacial score (nSPS) is 11.6. The van der Waals surface area contributed by atoms with Gasteiger partial charge in [-0.05, 0) is 49.6 Å². The first kappa shape index (κ1) is 24.8. The molecule has 1 unspecified atom stereocenters. The van der Waals surface area contributed by atoms with Gasteiger partial charge < -0.3 is 15.0 Å². The summed E-state index contributed by atoms with van der Waals surface area (Å²) in [6.45, 7) is 7.01. The third-order valence-corrected chi connectivity index (χ3v) is 6.04. The lowest BCUT2D eigenvalue weighted by molar-refractivity contribution is -0.141. The highest BCUT2D eigenvalue weighted by Crippen LogP contribution is 2.22. The maximum absolute atomic E-state index is 13.2. The molecular formula is C25H34N2O3S. The number of nitrogens with zero attached hydrogens (tertiary/aromatic N) is 1. The lowest BCUT2D eigenvalue weighted by atomic mass is 10.1. The van der Waals surface area contributed by atoms with Crippen molar-refractivity contribution in [1.29, 1.82) is 0 Å². The fraction of sp³-hybridized carbons (Fsp3) is 0.440. The van der Waals surface area contributed by atoms with Gasteiger partial charge in [0.1, 0.15) is 11.8 Å². The molecule has 0 radical (unpaired) electrons. The van der Waals surface area contributed by atoms with E-state index < -0.39 is 6.04 Å². The number of carbonyl (C=O) groups is 2. The van der Waals surface area contributed by atoms with Gasteiger partial charge in [0.2, 0.25) is 11.8 Å². The van der Waals surface area contributed by atoms with Crippen LogP contribution in [0.5, 0.6) is 5.75 Å². The molecule has 0 fully saturated rings. The summed E-state index contributed by atoms with van der Waals surface area (Å²) in [6, 6.07) is 15.5. The summed E-state index contributed by atoms with van der Waals surface area (Å²) in [5, 5.41) is 2.95. The van der Waals surface area contributed by atoms with Gasteiger partial charge in [-0.25, -0.2) is 0 Å². The zero-order chi connectivity index (χ0) is 22.6. The van der Waals surface area contributed by atoms with Crippen LogP contribution in [0.2, 0.25) is 0 Å². The number of ether oxygens (including phenoxy) is 1. The van der Waals surface area contributed by atoms with Crippen LogP contribution in [0.1, 0.15) is 44.2 Å². The first-order chi connectivity index (χ1) is 15.0. The summed E-state index contributed by atoms with van der Waals surface area (Å²) in [7, 11) is 1.62. The molecule has 0 bridgehead atoms. The molecule has 0 saturated carbocycles. The molecule has 31 heavy (non-hydrogen) atoms. The highest BCUT2D eigenvalue weighted by molar-refractivity contribution is 7.99. The molecule has 0 aliphatic heterocycles. The van der Waals surface area contributed by atoms with Crippen molar-refractivity contribution >= 4 is 23.6 Å². The van der Waals surface area contributed by atoms with Gasteiger partial charge in [-0.2, -0.15) is 0 Å². The van der Waals surface area contributed by atoms with Gasteiger partial charge >= 0.3 is 0 Å². The lowest BCUT2D eigenvalue weighted by Crippen LogP contribution is -2.49. The van der Waals surface area contributed by atoms with Crippen molar-refractivity contribution in [2.75, 3.05) is 19.4 Å². The molecule has 2 amide bonds. The third kappa shape index (κ3) is 7.94. The second kappa shape index (κ2) is 13.1. The molecular weight excluding hydrogens is 408 g/mol. The number of nitrogens with one attached hydrogen (secondary N) is 1. The summed E-state index contributed by atoms with van der Waals surface area (Å²) in [6.07, 6.45) is 1.80. The van der Waals surface area contributed by atoms with Crippen LogP contribution in [0.4, 0.5) is 0 Å². The van der Waals surface area contributed by atoms with E-state index in [0.717, 1.165) is 22.6 Å². The van der Waals surface area contributed by atoms with Gasteiger partial charge in [0.05, 0.1) is 7.11 Å². The van der Waals surface area contributed by atoms with Crippen LogP contribution in [0.25, 0.3) is 0 Å². The van der Waals surface area contributed by atoms with E-state index in [1.807, 2.05) is 38.1 Å². The second-order valence-electron chi connectivity index (χ2n) is 7.50. The zero-order valence-electron chi connectivity index (χ0n) is 19.0. The third-order valence-electron chi connectivity index (χ3n) is 5.03. The monoisotopic (exact) mass is 442 g/mol. The zero-order valence-corrected chi connectivity index (χ0v) is 19.8. The van der Waals surface area contributed by atoms with E-state index in [4.69, 9.17) is 4.74 Å². The Morgan fingerprint density at radius 3 is 2.52 bits per heavy atom. The Kier molecular flexibility index (Phi) is 10.4. The van der Waals surface area contributed by atoms with Crippen molar-refractivity contribution in [1.82, 2.24) is 10.2 Å². The van der Waals surface area contributed by atoms with Gasteiger partial charge in [0.25, 0.3) is 0 Å². The predicted octanol–water partition coefficient (Wildman–Crippen LogP) is 4.82. The maximum atomic E-state index is 13.2. The SMILES string of the molecule is CCCNC(=O)C(CC)N(Cc1cccc(OC)c1)C(=O)CCSc1ccc(C)cc1. The van der Waals surface area contributed by atoms with Gasteiger partial charge in [-0.3, -0.25) is 9.59 Å². The Morgan fingerprint density at radius 1 is 1.13 bits per heavy atom. The highest BCUT2D eigenvalue weighted by Gasteiger charge is 2.28. The number of carbonyl (C=O) groups excluding carboxylic acids is 2. The number of aryl methyl sites for hydroxylation is 1. The fourth-order valence-corrected chi connectivity index (χ4v) is 4.13. The molecule has 2 aromatic rings. The molecule has 0 saturated heterocycles. The predicted molar refractivity (Wildman–Crippen MR) is 127 cm³/mol. The van der Waals surface area contributed by atoms with Gasteiger partial charge in [0, 0.05) is 30.2 Å². The van der Waals surface area contributed by atoms with Crippen molar-refractivity contribution in [3.05, 3.63) is 59.7 Å². The standard InChI is InChI=1S/C25H34N2O3S/c1-5-15-26-25(29)23(6-2)27(18-20-8-7-9-21(17-20)30-4)24(28)14-16-31-22-12-10-19(3)11-13-22/h7-13,17,23H,5-6,14-16,18H2,1-4H3,(H,26,29). The van der Waals surface area contributed by atoms with Crippen LogP contribution < -0.4 is 10.1 Å². The molecule has 2 rings (SSSR count). The van der Waals surface area contributed by atoms with Gasteiger partial charge in [0.15, 0.2) is 0 Å². The molecule has 0 aliphatic rings. The molecule has 168 valence electrons. The molecule has 0 aliphatic carbocycles. The van der Waals surface area contributed by atoms with E-state index >= 15 is 0 Å². The van der Waals surface area contributed by atoms with Crippen LogP contribution in [0, 0.1) is 6.92 Å². The highest BCUT2D eigenvalue weighted by atomic mass is 32.2. The lowest BCUT2D eigenvalue weighted by Gasteiger charge is -2.30. The Labute approximate surface area is 190 Å². The summed E-state index contributed by atoms with van der Waals surface area (Å²) in [5.41, 5.74) is 2.16. The Bertz CT molecular complexity index is 839. The smallest absolute Gasteiger partial charge is 0.242 e. The number of methoxy groups -OCH3 is 1. The van der Waals surface area contributed by atoms with Crippen molar-refractivity contribution in [2.24, 2.45) is 0 Å². The van der Waals surface area contributed by atoms with Crippen LogP contribution >= 0.6 is 11.8 Å². The number of thioether (sulfide) groups is 1. The number of rotatable bonds is 12. The molecule has 0 heterocycles. The molecule has 6 heteroatoms. The molecule has 0 spiro atoms. The van der Waals surface area contributed by atoms with E-state index in [0.29, 0.717) is 31.7 Å². The number of hydrogen-bond acceptors (Lipinski definition) is 4. The van der Waals surface area contributed by atoms with E-state index in [9.17, 15) is 9.59 Å². The number of benzene rings is 2.